The van der Waals surface area contributed by atoms with Gasteiger partial charge in [0.15, 0.2) is 0 Å². The van der Waals surface area contributed by atoms with Gasteiger partial charge in [-0.15, -0.1) is 0 Å². The van der Waals surface area contributed by atoms with Gasteiger partial charge in [-0.1, -0.05) is 24.1 Å². The maximum Gasteiger partial charge on any atom is 0.312 e. The fourth-order valence-corrected chi connectivity index (χ4v) is 2.20. The third-order valence-corrected chi connectivity index (χ3v) is 3.39. The van der Waals surface area contributed by atoms with Gasteiger partial charge in [0, 0.05) is 13.0 Å². The molecule has 1 rings (SSSR count). The number of benzene rings is 1. The number of primary amides is 1. The molecule has 0 aromatic heterocycles. The molecule has 0 radical (unpaired) electrons. The Morgan fingerprint density at radius 1 is 1.09 bits per heavy atom. The van der Waals surface area contributed by atoms with Gasteiger partial charge < -0.3 is 21.1 Å². The average Bonchev–Trinajstić information content (AvgIpc) is 2.48. The molecule has 0 fully saturated rings. The molecule has 0 aliphatic carbocycles. The first-order valence-electron chi connectivity index (χ1n) is 7.99. The van der Waals surface area contributed by atoms with E-state index < -0.39 is 6.03 Å². The van der Waals surface area contributed by atoms with E-state index in [0.717, 1.165) is 30.6 Å². The van der Waals surface area contributed by atoms with E-state index in [1.165, 1.54) is 5.56 Å². The molecular weight excluding hydrogens is 294 g/mol. The minimum Gasteiger partial charge on any atom is -0.491 e. The van der Waals surface area contributed by atoms with Gasteiger partial charge in [0.1, 0.15) is 12.4 Å². The molecule has 0 aliphatic heterocycles. The summed E-state index contributed by atoms with van der Waals surface area (Å²) in [4.78, 5) is 22.1. The lowest BCUT2D eigenvalue weighted by molar-refractivity contribution is -0.121. The molecule has 0 saturated heterocycles. The van der Waals surface area contributed by atoms with E-state index >= 15 is 0 Å². The van der Waals surface area contributed by atoms with Crippen LogP contribution in [0.4, 0.5) is 4.79 Å². The Morgan fingerprint density at radius 3 is 2.57 bits per heavy atom. The molecule has 3 amide bonds. The van der Waals surface area contributed by atoms with E-state index in [0.29, 0.717) is 26.1 Å². The van der Waals surface area contributed by atoms with Crippen LogP contribution in [0.3, 0.4) is 0 Å². The van der Waals surface area contributed by atoms with Crippen molar-refractivity contribution in [2.24, 2.45) is 5.73 Å². The van der Waals surface area contributed by atoms with Crippen molar-refractivity contribution in [1.29, 1.82) is 0 Å². The molecule has 0 bridgehead atoms. The van der Waals surface area contributed by atoms with Crippen LogP contribution in [0.5, 0.6) is 5.75 Å². The van der Waals surface area contributed by atoms with Crippen LogP contribution in [0, 0.1) is 13.8 Å². The summed E-state index contributed by atoms with van der Waals surface area (Å²) in [7, 11) is 0. The molecule has 0 atom stereocenters. The highest BCUT2D eigenvalue weighted by Gasteiger charge is 2.02. The van der Waals surface area contributed by atoms with Crippen molar-refractivity contribution >= 4 is 11.9 Å². The number of unbranched alkanes of at least 4 members (excludes halogenated alkanes) is 2. The largest absolute Gasteiger partial charge is 0.491 e. The van der Waals surface area contributed by atoms with Crippen molar-refractivity contribution in [3.05, 3.63) is 29.3 Å². The smallest absolute Gasteiger partial charge is 0.312 e. The molecule has 4 N–H and O–H groups in total. The third-order valence-electron chi connectivity index (χ3n) is 3.39. The summed E-state index contributed by atoms with van der Waals surface area (Å²) >= 11 is 0. The molecule has 0 spiro atoms. The Balaban J connectivity index is 2.04. The van der Waals surface area contributed by atoms with E-state index in [1.54, 1.807) is 0 Å². The fraction of sp³-hybridized carbons (Fsp3) is 0.529. The second kappa shape index (κ2) is 10.5. The molecule has 0 unspecified atom stereocenters. The van der Waals surface area contributed by atoms with Crippen LogP contribution >= 0.6 is 0 Å². The third kappa shape index (κ3) is 8.70. The molecule has 1 aromatic rings. The van der Waals surface area contributed by atoms with Gasteiger partial charge in [-0.2, -0.15) is 0 Å². The number of nitrogens with one attached hydrogen (secondary N) is 2. The maximum atomic E-state index is 11.7. The van der Waals surface area contributed by atoms with Crippen LogP contribution in [0.25, 0.3) is 0 Å². The van der Waals surface area contributed by atoms with Crippen LogP contribution in [-0.4, -0.2) is 31.6 Å². The lowest BCUT2D eigenvalue weighted by Gasteiger charge is -2.10. The second-order valence-electron chi connectivity index (χ2n) is 5.57. The van der Waals surface area contributed by atoms with Gasteiger partial charge in [0.2, 0.25) is 5.91 Å². The topological polar surface area (TPSA) is 93.4 Å². The van der Waals surface area contributed by atoms with E-state index in [1.807, 2.05) is 26.0 Å². The maximum absolute atomic E-state index is 11.7. The Kier molecular flexibility index (Phi) is 8.57. The van der Waals surface area contributed by atoms with E-state index in [9.17, 15) is 9.59 Å². The monoisotopic (exact) mass is 321 g/mol. The summed E-state index contributed by atoms with van der Waals surface area (Å²) in [5, 5.41) is 5.36. The van der Waals surface area contributed by atoms with Gasteiger partial charge in [-0.25, -0.2) is 4.79 Å². The highest BCUT2D eigenvalue weighted by atomic mass is 16.5. The Labute approximate surface area is 137 Å². The first-order valence-corrected chi connectivity index (χ1v) is 7.99. The minimum absolute atomic E-state index is 0.0251. The first kappa shape index (κ1) is 18.8. The number of urea groups is 1. The number of aryl methyl sites for hydroxylation is 2. The van der Waals surface area contributed by atoms with Gasteiger partial charge in [-0.05, 0) is 38.3 Å². The van der Waals surface area contributed by atoms with Gasteiger partial charge in [0.25, 0.3) is 0 Å². The molecule has 128 valence electrons. The number of ether oxygens (including phenoxy) is 1. The van der Waals surface area contributed by atoms with Crippen LogP contribution in [0.15, 0.2) is 18.2 Å². The molecule has 1 aromatic carbocycles. The molecule has 23 heavy (non-hydrogen) atoms. The van der Waals surface area contributed by atoms with Crippen LogP contribution in [0.1, 0.15) is 36.8 Å². The van der Waals surface area contributed by atoms with Crippen molar-refractivity contribution < 1.29 is 14.3 Å². The Morgan fingerprint density at radius 2 is 1.87 bits per heavy atom. The minimum atomic E-state index is -0.508. The molecular formula is C17H27N3O3. The van der Waals surface area contributed by atoms with Crippen molar-refractivity contribution in [2.45, 2.75) is 39.5 Å². The number of hydrogen-bond donors (Lipinski definition) is 3. The standard InChI is InChI=1S/C17H27N3O3/c1-13-7-8-15(14(2)12-13)23-11-10-19-16(21)6-4-3-5-9-20-17(18)22/h7-8,12H,3-6,9-11H2,1-2H3,(H,19,21)(H3,18,20,22). The van der Waals surface area contributed by atoms with Gasteiger partial charge in [-0.3, -0.25) is 4.79 Å². The van der Waals surface area contributed by atoms with E-state index in [-0.39, 0.29) is 5.91 Å². The zero-order chi connectivity index (χ0) is 17.1. The summed E-state index contributed by atoms with van der Waals surface area (Å²) in [5.41, 5.74) is 7.26. The number of rotatable bonds is 10. The molecule has 6 heteroatoms. The van der Waals surface area contributed by atoms with Gasteiger partial charge >= 0.3 is 6.03 Å². The number of carbonyl (C=O) groups excluding carboxylic acids is 2. The number of hydrogen-bond acceptors (Lipinski definition) is 3. The average molecular weight is 321 g/mol. The fourth-order valence-electron chi connectivity index (χ4n) is 2.20. The summed E-state index contributed by atoms with van der Waals surface area (Å²) in [6, 6.07) is 5.52. The van der Waals surface area contributed by atoms with Crippen molar-refractivity contribution in [3.8, 4) is 5.75 Å². The Bertz CT molecular complexity index is 518. The first-order chi connectivity index (χ1) is 11.0. The van der Waals surface area contributed by atoms with Crippen molar-refractivity contribution in [3.63, 3.8) is 0 Å². The van der Waals surface area contributed by atoms with Crippen molar-refractivity contribution in [1.82, 2.24) is 10.6 Å². The predicted molar refractivity (Wildman–Crippen MR) is 90.5 cm³/mol. The summed E-state index contributed by atoms with van der Waals surface area (Å²) in [5.74, 6) is 0.879. The second-order valence-corrected chi connectivity index (χ2v) is 5.57. The number of nitrogens with two attached hydrogens (primary N) is 1. The Hall–Kier alpha value is -2.24. The summed E-state index contributed by atoms with van der Waals surface area (Å²) in [6.45, 7) is 5.56. The molecule has 0 saturated carbocycles. The quantitative estimate of drug-likeness (QED) is 0.576. The molecule has 0 aliphatic rings. The van der Waals surface area contributed by atoms with Crippen LogP contribution < -0.4 is 21.1 Å². The van der Waals surface area contributed by atoms with E-state index in [4.69, 9.17) is 10.5 Å². The van der Waals surface area contributed by atoms with E-state index in [2.05, 4.69) is 16.7 Å². The molecule has 6 nitrogen and oxygen atoms in total. The van der Waals surface area contributed by atoms with Crippen LogP contribution in [-0.2, 0) is 4.79 Å². The lowest BCUT2D eigenvalue weighted by atomic mass is 10.1. The number of amides is 3. The highest BCUT2D eigenvalue weighted by molar-refractivity contribution is 5.75. The lowest BCUT2D eigenvalue weighted by Crippen LogP contribution is -2.30. The number of carbonyl (C=O) groups is 2. The molecule has 0 heterocycles. The predicted octanol–water partition coefficient (Wildman–Crippen LogP) is 2.03. The van der Waals surface area contributed by atoms with Crippen LogP contribution in [0.2, 0.25) is 0 Å². The zero-order valence-corrected chi connectivity index (χ0v) is 14.0. The highest BCUT2D eigenvalue weighted by Crippen LogP contribution is 2.18. The zero-order valence-electron chi connectivity index (χ0n) is 14.0. The SMILES string of the molecule is Cc1ccc(OCCNC(=O)CCCCCNC(N)=O)c(C)c1. The normalized spacial score (nSPS) is 10.2. The summed E-state index contributed by atoms with van der Waals surface area (Å²) < 4.78 is 5.66. The van der Waals surface area contributed by atoms with Crippen molar-refractivity contribution in [2.75, 3.05) is 19.7 Å². The summed E-state index contributed by atoms with van der Waals surface area (Å²) in [6.07, 6.45) is 2.99. The van der Waals surface area contributed by atoms with Gasteiger partial charge in [0.05, 0.1) is 6.54 Å².